The molecule has 3 N–H and O–H groups in total. The number of benzene rings is 1. The van der Waals surface area contributed by atoms with E-state index in [0.29, 0.717) is 15.7 Å². The van der Waals surface area contributed by atoms with Gasteiger partial charge in [0.2, 0.25) is 5.91 Å². The summed E-state index contributed by atoms with van der Waals surface area (Å²) in [7, 11) is 1.57. The number of rotatable bonds is 7. The van der Waals surface area contributed by atoms with Gasteiger partial charge in [0, 0.05) is 7.05 Å². The lowest BCUT2D eigenvalue weighted by atomic mass is 10.2. The number of carbonyl (C=O) groups is 2. The van der Waals surface area contributed by atoms with Gasteiger partial charge >= 0.3 is 0 Å². The highest BCUT2D eigenvalue weighted by molar-refractivity contribution is 6.39. The fraction of sp³-hybridized carbons (Fsp3) is 0.294. The molecule has 6 nitrogen and oxygen atoms in total. The van der Waals surface area contributed by atoms with Crippen molar-refractivity contribution in [2.75, 3.05) is 25.5 Å². The van der Waals surface area contributed by atoms with E-state index in [1.165, 1.54) is 4.90 Å². The highest BCUT2D eigenvalue weighted by Crippen LogP contribution is 2.29. The topological polar surface area (TPSA) is 79.2 Å². The summed E-state index contributed by atoms with van der Waals surface area (Å²) in [6.07, 6.45) is 1.60. The molecule has 1 aromatic heterocycles. The van der Waals surface area contributed by atoms with Crippen molar-refractivity contribution in [2.45, 2.75) is 13.0 Å². The third-order valence-corrected chi connectivity index (χ3v) is 4.30. The lowest BCUT2D eigenvalue weighted by Crippen LogP contribution is -2.87. The summed E-state index contributed by atoms with van der Waals surface area (Å²) in [5.74, 6) is 0.255. The van der Waals surface area contributed by atoms with Crippen LogP contribution in [-0.2, 0) is 9.59 Å². The van der Waals surface area contributed by atoms with Crippen molar-refractivity contribution >= 4 is 40.7 Å². The molecule has 1 atom stereocenters. The maximum atomic E-state index is 12.2. The van der Waals surface area contributed by atoms with Crippen LogP contribution in [0.4, 0.5) is 5.69 Å². The predicted octanol–water partition coefficient (Wildman–Crippen LogP) is 2.31. The number of hydrogen-bond acceptors (Lipinski definition) is 3. The minimum absolute atomic E-state index is 0.0168. The van der Waals surface area contributed by atoms with E-state index in [1.807, 2.05) is 18.3 Å². The molecular formula is C17H20Cl2N3O3+. The third kappa shape index (κ3) is 5.49. The zero-order chi connectivity index (χ0) is 18.4. The van der Waals surface area contributed by atoms with Gasteiger partial charge in [-0.1, -0.05) is 29.3 Å². The quantitative estimate of drug-likeness (QED) is 0.768. The normalized spacial score (nSPS) is 11.8. The second-order valence-electron chi connectivity index (χ2n) is 5.64. The number of hydrogen-bond donors (Lipinski definition) is 2. The van der Waals surface area contributed by atoms with Crippen LogP contribution < -0.4 is 10.6 Å². The number of halogens is 2. The minimum Gasteiger partial charge on any atom is -0.463 e. The third-order valence-electron chi connectivity index (χ3n) is 3.67. The molecule has 0 unspecified atom stereocenters. The molecule has 1 heterocycles. The van der Waals surface area contributed by atoms with Gasteiger partial charge in [-0.3, -0.25) is 9.59 Å². The SMILES string of the molecule is C[C@H]([NH2+]CC(=O)N(C)CC(=O)Nc1c(Cl)cccc1Cl)c1ccco1. The predicted molar refractivity (Wildman–Crippen MR) is 96.6 cm³/mol. The number of anilines is 1. The first-order chi connectivity index (χ1) is 11.9. The van der Waals surface area contributed by atoms with Crippen LogP contribution in [0.1, 0.15) is 18.7 Å². The average Bonchev–Trinajstić information content (AvgIpc) is 3.10. The second kappa shape index (κ2) is 8.89. The van der Waals surface area contributed by atoms with E-state index in [-0.39, 0.29) is 30.9 Å². The molecule has 1 aromatic carbocycles. The van der Waals surface area contributed by atoms with E-state index in [4.69, 9.17) is 27.6 Å². The number of carbonyl (C=O) groups excluding carboxylic acids is 2. The van der Waals surface area contributed by atoms with Crippen LogP contribution in [0, 0.1) is 0 Å². The standard InChI is InChI=1S/C17H19Cl2N3O3/c1-11(14-7-4-8-25-14)20-9-16(24)22(2)10-15(23)21-17-12(18)5-3-6-13(17)19/h3-8,11,20H,9-10H2,1-2H3,(H,21,23)/p+1/t11-/m0/s1. The Morgan fingerprint density at radius 3 is 2.52 bits per heavy atom. The average molecular weight is 385 g/mol. The number of nitrogens with one attached hydrogen (secondary N) is 1. The summed E-state index contributed by atoms with van der Waals surface area (Å²) in [6.45, 7) is 2.06. The van der Waals surface area contributed by atoms with Crippen molar-refractivity contribution in [1.82, 2.24) is 4.90 Å². The molecule has 0 aliphatic carbocycles. The molecule has 0 saturated heterocycles. The maximum absolute atomic E-state index is 12.2. The molecule has 2 amide bonds. The number of furan rings is 1. The van der Waals surface area contributed by atoms with Crippen LogP contribution in [0.2, 0.25) is 10.0 Å². The molecule has 0 spiro atoms. The summed E-state index contributed by atoms with van der Waals surface area (Å²) in [5, 5.41) is 5.16. The Morgan fingerprint density at radius 1 is 1.24 bits per heavy atom. The zero-order valence-electron chi connectivity index (χ0n) is 14.0. The first kappa shape index (κ1) is 19.3. The van der Waals surface area contributed by atoms with Crippen molar-refractivity contribution in [3.8, 4) is 0 Å². The number of nitrogens with two attached hydrogens (primary N) is 1. The molecule has 0 saturated carbocycles. The molecule has 25 heavy (non-hydrogen) atoms. The molecule has 0 bridgehead atoms. The largest absolute Gasteiger partial charge is 0.463 e. The zero-order valence-corrected chi connectivity index (χ0v) is 15.5. The smallest absolute Gasteiger partial charge is 0.277 e. The highest BCUT2D eigenvalue weighted by atomic mass is 35.5. The van der Waals surface area contributed by atoms with Gasteiger partial charge in [0.1, 0.15) is 6.04 Å². The molecule has 2 aromatic rings. The van der Waals surface area contributed by atoms with Gasteiger partial charge in [-0.15, -0.1) is 0 Å². The van der Waals surface area contributed by atoms with Crippen LogP contribution in [-0.4, -0.2) is 36.9 Å². The van der Waals surface area contributed by atoms with Crippen molar-refractivity contribution in [1.29, 1.82) is 0 Å². The monoisotopic (exact) mass is 384 g/mol. The first-order valence-electron chi connectivity index (χ1n) is 7.73. The van der Waals surface area contributed by atoms with Crippen LogP contribution in [0.15, 0.2) is 41.0 Å². The Hall–Kier alpha value is -2.02. The van der Waals surface area contributed by atoms with E-state index < -0.39 is 0 Å². The minimum atomic E-state index is -0.370. The molecule has 0 aliphatic rings. The van der Waals surface area contributed by atoms with Gasteiger partial charge in [0.15, 0.2) is 12.3 Å². The van der Waals surface area contributed by atoms with Gasteiger partial charge in [-0.2, -0.15) is 0 Å². The van der Waals surface area contributed by atoms with E-state index in [0.717, 1.165) is 5.76 Å². The Balaban J connectivity index is 1.83. The number of quaternary nitrogens is 1. The molecule has 0 aliphatic heterocycles. The molecular weight excluding hydrogens is 365 g/mol. The Bertz CT molecular complexity index is 714. The lowest BCUT2D eigenvalue weighted by Gasteiger charge is -2.17. The van der Waals surface area contributed by atoms with E-state index in [1.54, 1.807) is 37.6 Å². The number of likely N-dealkylation sites (N-methyl/N-ethyl adjacent to an activating group) is 1. The van der Waals surface area contributed by atoms with Crippen LogP contribution in [0.25, 0.3) is 0 Å². The van der Waals surface area contributed by atoms with Gasteiger partial charge in [-0.05, 0) is 31.2 Å². The van der Waals surface area contributed by atoms with Crippen LogP contribution in [0.3, 0.4) is 0 Å². The summed E-state index contributed by atoms with van der Waals surface area (Å²) in [4.78, 5) is 25.6. The number of para-hydroxylation sites is 1. The van der Waals surface area contributed by atoms with Crippen LogP contribution >= 0.6 is 23.2 Å². The number of amides is 2. The van der Waals surface area contributed by atoms with Gasteiger partial charge in [0.25, 0.3) is 5.91 Å². The molecule has 8 heteroatoms. The summed E-state index contributed by atoms with van der Waals surface area (Å²) < 4.78 is 5.30. The molecule has 134 valence electrons. The van der Waals surface area contributed by atoms with Crippen molar-refractivity contribution in [3.63, 3.8) is 0 Å². The first-order valence-corrected chi connectivity index (χ1v) is 8.48. The van der Waals surface area contributed by atoms with Crippen molar-refractivity contribution in [3.05, 3.63) is 52.4 Å². The lowest BCUT2D eigenvalue weighted by molar-refractivity contribution is -0.684. The van der Waals surface area contributed by atoms with E-state index >= 15 is 0 Å². The fourth-order valence-corrected chi connectivity index (χ4v) is 2.69. The van der Waals surface area contributed by atoms with Gasteiger partial charge in [-0.25, -0.2) is 0 Å². The van der Waals surface area contributed by atoms with Crippen LogP contribution in [0.5, 0.6) is 0 Å². The van der Waals surface area contributed by atoms with Gasteiger partial charge in [0.05, 0.1) is 28.5 Å². The fourth-order valence-electron chi connectivity index (χ4n) is 2.20. The van der Waals surface area contributed by atoms with E-state index in [9.17, 15) is 9.59 Å². The molecule has 0 radical (unpaired) electrons. The maximum Gasteiger partial charge on any atom is 0.277 e. The molecule has 0 fully saturated rings. The highest BCUT2D eigenvalue weighted by Gasteiger charge is 2.19. The van der Waals surface area contributed by atoms with Crippen molar-refractivity contribution in [2.24, 2.45) is 0 Å². The summed E-state index contributed by atoms with van der Waals surface area (Å²) >= 11 is 12.0. The van der Waals surface area contributed by atoms with E-state index in [2.05, 4.69) is 5.32 Å². The summed E-state index contributed by atoms with van der Waals surface area (Å²) in [6, 6.07) is 8.62. The van der Waals surface area contributed by atoms with Gasteiger partial charge < -0.3 is 20.0 Å². The summed E-state index contributed by atoms with van der Waals surface area (Å²) in [5.41, 5.74) is 0.342. The Morgan fingerprint density at radius 2 is 1.92 bits per heavy atom. The Labute approximate surface area is 156 Å². The Kier molecular flexibility index (Phi) is 6.87. The molecule has 2 rings (SSSR count). The second-order valence-corrected chi connectivity index (χ2v) is 6.45. The number of nitrogens with zero attached hydrogens (tertiary/aromatic N) is 1. The van der Waals surface area contributed by atoms with Crippen molar-refractivity contribution < 1.29 is 19.3 Å².